The molecule has 0 saturated heterocycles. The van der Waals surface area contributed by atoms with Crippen LogP contribution in [0.1, 0.15) is 6.92 Å². The number of anilines is 1. The van der Waals surface area contributed by atoms with E-state index in [1.807, 2.05) is 0 Å². The molecular weight excluding hydrogens is 274 g/mol. The Morgan fingerprint density at radius 2 is 2.00 bits per heavy atom. The fourth-order valence-corrected chi connectivity index (χ4v) is 1.27. The number of aliphatic imine (C=N–C) groups is 1. The Kier molecular flexibility index (Phi) is 5.54. The molecule has 0 spiro atoms. The minimum Gasteiger partial charge on any atom is -0.468 e. The molecule has 5 nitrogen and oxygen atoms in total. The molecule has 96 valence electrons. The van der Waals surface area contributed by atoms with Crippen LogP contribution in [0.2, 0.25) is 5.02 Å². The maximum Gasteiger partial charge on any atom is 0.327 e. The Morgan fingerprint density at radius 1 is 1.39 bits per heavy atom. The van der Waals surface area contributed by atoms with Gasteiger partial charge in [0.05, 0.1) is 7.11 Å². The Morgan fingerprint density at radius 3 is 2.50 bits per heavy atom. The van der Waals surface area contributed by atoms with Gasteiger partial charge >= 0.3 is 6.03 Å². The Labute approximate surface area is 115 Å². The first-order valence-electron chi connectivity index (χ1n) is 4.98. The number of urea groups is 1. The molecule has 0 fully saturated rings. The van der Waals surface area contributed by atoms with Gasteiger partial charge in [0.1, 0.15) is 4.99 Å². The predicted molar refractivity (Wildman–Crippen MR) is 76.3 cm³/mol. The van der Waals surface area contributed by atoms with E-state index in [0.717, 1.165) is 0 Å². The summed E-state index contributed by atoms with van der Waals surface area (Å²) in [5.74, 6) is 0. The number of ether oxygens (including phenoxy) is 1. The number of hydrogen-bond acceptors (Lipinski definition) is 3. The van der Waals surface area contributed by atoms with Crippen molar-refractivity contribution in [1.82, 2.24) is 5.32 Å². The van der Waals surface area contributed by atoms with Gasteiger partial charge in [0, 0.05) is 10.7 Å². The molecule has 2 amide bonds. The van der Waals surface area contributed by atoms with E-state index >= 15 is 0 Å². The zero-order valence-electron chi connectivity index (χ0n) is 9.86. The quantitative estimate of drug-likeness (QED) is 0.474. The van der Waals surface area contributed by atoms with Gasteiger partial charge in [0.2, 0.25) is 0 Å². The van der Waals surface area contributed by atoms with Gasteiger partial charge in [-0.15, -0.1) is 0 Å². The monoisotopic (exact) mass is 285 g/mol. The van der Waals surface area contributed by atoms with Gasteiger partial charge in [-0.3, -0.25) is 5.32 Å². The van der Waals surface area contributed by atoms with Crippen molar-refractivity contribution >= 4 is 46.5 Å². The molecule has 0 unspecified atom stereocenters. The SMILES string of the molecule is COC(=NC(C)=S)NC(=O)Nc1ccc(Cl)cc1. The van der Waals surface area contributed by atoms with Crippen LogP contribution in [0.25, 0.3) is 0 Å². The molecule has 0 saturated carbocycles. The second-order valence-corrected chi connectivity index (χ2v) is 4.25. The lowest BCUT2D eigenvalue weighted by molar-refractivity contribution is 0.253. The van der Waals surface area contributed by atoms with Crippen LogP contribution in [-0.2, 0) is 4.74 Å². The second-order valence-electron chi connectivity index (χ2n) is 3.23. The number of rotatable bonds is 1. The summed E-state index contributed by atoms with van der Waals surface area (Å²) < 4.78 is 4.86. The van der Waals surface area contributed by atoms with Crippen molar-refractivity contribution in [2.45, 2.75) is 6.92 Å². The van der Waals surface area contributed by atoms with E-state index in [0.29, 0.717) is 15.7 Å². The fourth-order valence-electron chi connectivity index (χ4n) is 1.06. The summed E-state index contributed by atoms with van der Waals surface area (Å²) in [4.78, 5) is 15.8. The average Bonchev–Trinajstić information content (AvgIpc) is 2.30. The van der Waals surface area contributed by atoms with E-state index in [4.69, 9.17) is 28.6 Å². The molecule has 1 aromatic rings. The highest BCUT2D eigenvalue weighted by Crippen LogP contribution is 2.12. The number of nitrogens with zero attached hydrogens (tertiary/aromatic N) is 1. The van der Waals surface area contributed by atoms with E-state index in [2.05, 4.69) is 15.6 Å². The molecular formula is C11H12ClN3O2S. The summed E-state index contributed by atoms with van der Waals surface area (Å²) >= 11 is 10.5. The first kappa shape index (κ1) is 14.4. The average molecular weight is 286 g/mol. The summed E-state index contributed by atoms with van der Waals surface area (Å²) in [6.45, 7) is 1.62. The van der Waals surface area contributed by atoms with Crippen LogP contribution < -0.4 is 10.6 Å². The van der Waals surface area contributed by atoms with Gasteiger partial charge in [0.25, 0.3) is 6.02 Å². The van der Waals surface area contributed by atoms with Crippen molar-refractivity contribution in [3.8, 4) is 0 Å². The number of nitrogens with one attached hydrogen (secondary N) is 2. The minimum atomic E-state index is -0.478. The first-order valence-corrected chi connectivity index (χ1v) is 5.76. The van der Waals surface area contributed by atoms with Crippen LogP contribution in [-0.4, -0.2) is 24.2 Å². The van der Waals surface area contributed by atoms with E-state index in [-0.39, 0.29) is 6.02 Å². The van der Waals surface area contributed by atoms with Crippen molar-refractivity contribution in [2.75, 3.05) is 12.4 Å². The third kappa shape index (κ3) is 5.11. The van der Waals surface area contributed by atoms with Crippen molar-refractivity contribution in [3.05, 3.63) is 29.3 Å². The number of amides is 2. The molecule has 0 aromatic heterocycles. The minimum absolute atomic E-state index is 0.0361. The highest BCUT2D eigenvalue weighted by atomic mass is 35.5. The molecule has 0 bridgehead atoms. The van der Waals surface area contributed by atoms with E-state index in [9.17, 15) is 4.79 Å². The standard InChI is InChI=1S/C11H12ClN3O2S/c1-7(18)13-11(17-2)15-10(16)14-9-5-3-8(12)4-6-9/h3-6H,1-2H3,(H2,13,14,15,16,18). The number of carbonyl (C=O) groups is 1. The number of carbonyl (C=O) groups excluding carboxylic acids is 1. The highest BCUT2D eigenvalue weighted by Gasteiger charge is 2.06. The summed E-state index contributed by atoms with van der Waals surface area (Å²) in [6.07, 6.45) is 0. The summed E-state index contributed by atoms with van der Waals surface area (Å²) in [5, 5.41) is 5.61. The predicted octanol–water partition coefficient (Wildman–Crippen LogP) is 2.81. The third-order valence-electron chi connectivity index (χ3n) is 1.77. The van der Waals surface area contributed by atoms with Gasteiger partial charge in [-0.05, 0) is 31.2 Å². The second kappa shape index (κ2) is 6.93. The van der Waals surface area contributed by atoms with Crippen LogP contribution in [0.5, 0.6) is 0 Å². The van der Waals surface area contributed by atoms with E-state index in [1.165, 1.54) is 7.11 Å². The largest absolute Gasteiger partial charge is 0.468 e. The number of methoxy groups -OCH3 is 1. The number of amidine groups is 1. The highest BCUT2D eigenvalue weighted by molar-refractivity contribution is 7.80. The van der Waals surface area contributed by atoms with Crippen molar-refractivity contribution in [1.29, 1.82) is 0 Å². The molecule has 7 heteroatoms. The fraction of sp³-hybridized carbons (Fsp3) is 0.182. The van der Waals surface area contributed by atoms with Crippen molar-refractivity contribution in [3.63, 3.8) is 0 Å². The maximum atomic E-state index is 11.6. The molecule has 0 aliphatic rings. The van der Waals surface area contributed by atoms with Crippen LogP contribution in [0.3, 0.4) is 0 Å². The van der Waals surface area contributed by atoms with Crippen LogP contribution in [0.4, 0.5) is 10.5 Å². The van der Waals surface area contributed by atoms with Gasteiger partial charge in [-0.2, -0.15) is 4.99 Å². The molecule has 1 rings (SSSR count). The number of thiocarbonyl (C=S) groups is 1. The van der Waals surface area contributed by atoms with Crippen molar-refractivity contribution < 1.29 is 9.53 Å². The zero-order chi connectivity index (χ0) is 13.5. The smallest absolute Gasteiger partial charge is 0.327 e. The summed E-state index contributed by atoms with van der Waals surface area (Å²) in [5.41, 5.74) is 0.603. The molecule has 0 aliphatic carbocycles. The molecule has 2 N–H and O–H groups in total. The topological polar surface area (TPSA) is 62.7 Å². The molecule has 0 heterocycles. The Bertz CT molecular complexity index is 474. The zero-order valence-corrected chi connectivity index (χ0v) is 11.4. The van der Waals surface area contributed by atoms with Crippen LogP contribution in [0.15, 0.2) is 29.3 Å². The number of hydrogen-bond donors (Lipinski definition) is 2. The van der Waals surface area contributed by atoms with Gasteiger partial charge in [-0.25, -0.2) is 4.79 Å². The number of benzene rings is 1. The Balaban J connectivity index is 2.61. The maximum absolute atomic E-state index is 11.6. The van der Waals surface area contributed by atoms with Crippen molar-refractivity contribution in [2.24, 2.45) is 4.99 Å². The lowest BCUT2D eigenvalue weighted by atomic mass is 10.3. The summed E-state index contributed by atoms with van der Waals surface area (Å²) in [7, 11) is 1.39. The molecule has 0 aliphatic heterocycles. The van der Waals surface area contributed by atoms with E-state index < -0.39 is 6.03 Å². The van der Waals surface area contributed by atoms with Crippen LogP contribution >= 0.6 is 23.8 Å². The normalized spacial score (nSPS) is 10.7. The molecule has 1 aromatic carbocycles. The van der Waals surface area contributed by atoms with Gasteiger partial charge < -0.3 is 10.1 Å². The molecule has 0 atom stereocenters. The Hall–Kier alpha value is -1.66. The molecule has 18 heavy (non-hydrogen) atoms. The third-order valence-corrected chi connectivity index (χ3v) is 2.12. The lowest BCUT2D eigenvalue weighted by Crippen LogP contribution is -2.35. The van der Waals surface area contributed by atoms with E-state index in [1.54, 1.807) is 31.2 Å². The van der Waals surface area contributed by atoms with Gasteiger partial charge in [0.15, 0.2) is 0 Å². The van der Waals surface area contributed by atoms with Crippen LogP contribution in [0, 0.1) is 0 Å². The lowest BCUT2D eigenvalue weighted by Gasteiger charge is -2.08. The number of halogens is 1. The molecule has 0 radical (unpaired) electrons. The van der Waals surface area contributed by atoms with Gasteiger partial charge in [-0.1, -0.05) is 23.8 Å². The summed E-state index contributed by atoms with van der Waals surface area (Å²) in [6, 6.07) is 6.25. The first-order chi connectivity index (χ1) is 8.51.